The Hall–Kier alpha value is -4.05. The molecule has 0 spiro atoms. The van der Waals surface area contributed by atoms with E-state index in [4.69, 9.17) is 13.8 Å². The van der Waals surface area contributed by atoms with E-state index in [9.17, 15) is 4.79 Å². The predicted octanol–water partition coefficient (Wildman–Crippen LogP) is 2.75. The molecule has 0 aliphatic carbocycles. The van der Waals surface area contributed by atoms with E-state index in [1.807, 2.05) is 36.4 Å². The molecule has 1 saturated heterocycles. The number of ether oxygens (including phenoxy) is 1. The van der Waals surface area contributed by atoms with E-state index in [1.165, 1.54) is 0 Å². The SMILES string of the molecule is COc1ccc(-c2noc(CN3CCN(C(=O)c4cc(-c5ccncc5)on4)CC3)n2)cc1. The van der Waals surface area contributed by atoms with E-state index in [0.29, 0.717) is 55.9 Å². The average molecular weight is 446 g/mol. The summed E-state index contributed by atoms with van der Waals surface area (Å²) in [4.78, 5) is 25.3. The fourth-order valence-corrected chi connectivity index (χ4v) is 3.67. The van der Waals surface area contributed by atoms with Gasteiger partial charge in [-0.3, -0.25) is 14.7 Å². The summed E-state index contributed by atoms with van der Waals surface area (Å²) < 4.78 is 15.9. The summed E-state index contributed by atoms with van der Waals surface area (Å²) in [5.41, 5.74) is 1.99. The van der Waals surface area contributed by atoms with Crippen molar-refractivity contribution in [2.75, 3.05) is 33.3 Å². The van der Waals surface area contributed by atoms with Gasteiger partial charge in [0.1, 0.15) is 5.75 Å². The zero-order valence-electron chi connectivity index (χ0n) is 18.0. The van der Waals surface area contributed by atoms with Crippen LogP contribution in [0.2, 0.25) is 0 Å². The number of methoxy groups -OCH3 is 1. The van der Waals surface area contributed by atoms with Gasteiger partial charge < -0.3 is 18.7 Å². The highest BCUT2D eigenvalue weighted by molar-refractivity contribution is 5.93. The molecule has 10 heteroatoms. The number of carbonyl (C=O) groups is 1. The van der Waals surface area contributed by atoms with Gasteiger partial charge in [-0.25, -0.2) is 0 Å². The van der Waals surface area contributed by atoms with Crippen LogP contribution in [0.5, 0.6) is 5.75 Å². The maximum atomic E-state index is 12.8. The van der Waals surface area contributed by atoms with Crippen LogP contribution in [0.25, 0.3) is 22.7 Å². The molecule has 4 heterocycles. The monoisotopic (exact) mass is 446 g/mol. The van der Waals surface area contributed by atoms with Crippen LogP contribution < -0.4 is 4.74 Å². The molecule has 1 amide bonds. The molecule has 0 radical (unpaired) electrons. The van der Waals surface area contributed by atoms with Crippen LogP contribution in [0.3, 0.4) is 0 Å². The van der Waals surface area contributed by atoms with Gasteiger partial charge in [0.25, 0.3) is 5.91 Å². The Kier molecular flexibility index (Phi) is 5.81. The number of carbonyl (C=O) groups excluding carboxylic acids is 1. The van der Waals surface area contributed by atoms with Gasteiger partial charge in [-0.05, 0) is 36.4 Å². The summed E-state index contributed by atoms with van der Waals surface area (Å²) in [6.07, 6.45) is 3.34. The third-order valence-electron chi connectivity index (χ3n) is 5.53. The summed E-state index contributed by atoms with van der Waals surface area (Å²) in [5, 5.41) is 8.03. The van der Waals surface area contributed by atoms with E-state index in [0.717, 1.165) is 16.9 Å². The van der Waals surface area contributed by atoms with Crippen LogP contribution in [0.4, 0.5) is 0 Å². The number of hydrogen-bond acceptors (Lipinski definition) is 9. The lowest BCUT2D eigenvalue weighted by Gasteiger charge is -2.33. The van der Waals surface area contributed by atoms with Crippen LogP contribution in [0.1, 0.15) is 16.4 Å². The molecule has 0 unspecified atom stereocenters. The molecule has 0 saturated carbocycles. The maximum absolute atomic E-state index is 12.8. The van der Waals surface area contributed by atoms with Crippen molar-refractivity contribution >= 4 is 5.91 Å². The number of pyridine rings is 1. The van der Waals surface area contributed by atoms with Crippen LogP contribution in [0.15, 0.2) is 63.9 Å². The molecule has 10 nitrogen and oxygen atoms in total. The Balaban J connectivity index is 1.16. The van der Waals surface area contributed by atoms with E-state index >= 15 is 0 Å². The molecule has 3 aromatic heterocycles. The molecule has 0 N–H and O–H groups in total. The molecule has 5 rings (SSSR count). The quantitative estimate of drug-likeness (QED) is 0.441. The molecule has 0 bridgehead atoms. The Morgan fingerprint density at radius 1 is 0.970 bits per heavy atom. The summed E-state index contributed by atoms with van der Waals surface area (Å²) in [6.45, 7) is 3.08. The number of hydrogen-bond donors (Lipinski definition) is 0. The zero-order valence-corrected chi connectivity index (χ0v) is 18.0. The summed E-state index contributed by atoms with van der Waals surface area (Å²) in [7, 11) is 1.63. The highest BCUT2D eigenvalue weighted by atomic mass is 16.5. The van der Waals surface area contributed by atoms with Crippen LogP contribution >= 0.6 is 0 Å². The number of nitrogens with zero attached hydrogens (tertiary/aromatic N) is 6. The summed E-state index contributed by atoms with van der Waals surface area (Å²) in [6, 6.07) is 12.8. The first-order valence-electron chi connectivity index (χ1n) is 10.6. The van der Waals surface area contributed by atoms with Crippen molar-refractivity contribution in [1.29, 1.82) is 0 Å². The van der Waals surface area contributed by atoms with Gasteiger partial charge in [-0.1, -0.05) is 10.3 Å². The summed E-state index contributed by atoms with van der Waals surface area (Å²) in [5.74, 6) is 2.26. The maximum Gasteiger partial charge on any atom is 0.276 e. The first-order chi connectivity index (χ1) is 16.2. The van der Waals surface area contributed by atoms with Crippen molar-refractivity contribution in [3.63, 3.8) is 0 Å². The second-order valence-corrected chi connectivity index (χ2v) is 7.62. The number of aromatic nitrogens is 4. The topological polar surface area (TPSA) is 111 Å². The second kappa shape index (κ2) is 9.21. The third-order valence-corrected chi connectivity index (χ3v) is 5.53. The lowest BCUT2D eigenvalue weighted by molar-refractivity contribution is 0.0605. The Morgan fingerprint density at radius 2 is 1.73 bits per heavy atom. The number of benzene rings is 1. The molecule has 4 aromatic rings. The molecule has 1 aromatic carbocycles. The first kappa shape index (κ1) is 20.8. The predicted molar refractivity (Wildman–Crippen MR) is 117 cm³/mol. The van der Waals surface area contributed by atoms with Crippen molar-refractivity contribution in [2.24, 2.45) is 0 Å². The number of amides is 1. The normalized spacial score (nSPS) is 14.4. The number of rotatable bonds is 6. The van der Waals surface area contributed by atoms with E-state index < -0.39 is 0 Å². The highest BCUT2D eigenvalue weighted by Crippen LogP contribution is 2.22. The van der Waals surface area contributed by atoms with E-state index in [1.54, 1.807) is 30.5 Å². The van der Waals surface area contributed by atoms with Gasteiger partial charge in [-0.15, -0.1) is 0 Å². The zero-order chi connectivity index (χ0) is 22.6. The molecule has 33 heavy (non-hydrogen) atoms. The van der Waals surface area contributed by atoms with Gasteiger partial charge in [0, 0.05) is 55.8 Å². The lowest BCUT2D eigenvalue weighted by Crippen LogP contribution is -2.48. The fourth-order valence-electron chi connectivity index (χ4n) is 3.67. The van der Waals surface area contributed by atoms with Gasteiger partial charge >= 0.3 is 0 Å². The molecular formula is C23H22N6O4. The van der Waals surface area contributed by atoms with Crippen LogP contribution in [-0.4, -0.2) is 69.3 Å². The molecule has 168 valence electrons. The van der Waals surface area contributed by atoms with Gasteiger partial charge in [0.05, 0.1) is 13.7 Å². The molecular weight excluding hydrogens is 424 g/mol. The Labute approximate surface area is 189 Å². The molecule has 1 fully saturated rings. The van der Waals surface area contributed by atoms with Gasteiger partial charge in [0.15, 0.2) is 11.5 Å². The minimum atomic E-state index is -0.140. The fraction of sp³-hybridized carbons (Fsp3) is 0.261. The molecule has 1 aliphatic rings. The second-order valence-electron chi connectivity index (χ2n) is 7.62. The van der Waals surface area contributed by atoms with E-state index in [-0.39, 0.29) is 5.91 Å². The average Bonchev–Trinajstić information content (AvgIpc) is 3.55. The third kappa shape index (κ3) is 4.60. The number of piperazine rings is 1. The van der Waals surface area contributed by atoms with Crippen molar-refractivity contribution in [3.05, 3.63) is 66.4 Å². The van der Waals surface area contributed by atoms with Gasteiger partial charge in [0.2, 0.25) is 11.7 Å². The van der Waals surface area contributed by atoms with Crippen LogP contribution in [-0.2, 0) is 6.54 Å². The Morgan fingerprint density at radius 3 is 2.45 bits per heavy atom. The highest BCUT2D eigenvalue weighted by Gasteiger charge is 2.25. The Bertz CT molecular complexity index is 1210. The van der Waals surface area contributed by atoms with Crippen molar-refractivity contribution in [1.82, 2.24) is 30.1 Å². The standard InChI is InChI=1S/C23H22N6O4/c1-31-18-4-2-17(3-5-18)22-25-21(33-27-22)15-28-10-12-29(13-11-28)23(30)19-14-20(32-26-19)16-6-8-24-9-7-16/h2-9,14H,10-13,15H2,1H3. The lowest BCUT2D eigenvalue weighted by atomic mass is 10.2. The smallest absolute Gasteiger partial charge is 0.276 e. The minimum Gasteiger partial charge on any atom is -0.497 e. The van der Waals surface area contributed by atoms with Crippen LogP contribution in [0, 0.1) is 0 Å². The first-order valence-corrected chi connectivity index (χ1v) is 10.6. The largest absolute Gasteiger partial charge is 0.497 e. The van der Waals surface area contributed by atoms with Crippen molar-refractivity contribution in [2.45, 2.75) is 6.54 Å². The summed E-state index contributed by atoms with van der Waals surface area (Å²) >= 11 is 0. The van der Waals surface area contributed by atoms with E-state index in [2.05, 4.69) is 25.2 Å². The minimum absolute atomic E-state index is 0.140. The molecule has 0 atom stereocenters. The van der Waals surface area contributed by atoms with Crippen molar-refractivity contribution in [3.8, 4) is 28.5 Å². The van der Waals surface area contributed by atoms with Gasteiger partial charge in [-0.2, -0.15) is 4.98 Å². The van der Waals surface area contributed by atoms with Crippen molar-refractivity contribution < 1.29 is 18.6 Å². The molecule has 1 aliphatic heterocycles.